The number of aliphatic imine (C=N–C) groups is 3. The average Bonchev–Trinajstić information content (AvgIpc) is 3.81. The number of allylic oxidation sites excluding steroid dienone is 11. The Kier molecular flexibility index (Phi) is 13.5. The number of hydrogen-bond acceptors (Lipinski definition) is 13. The van der Waals surface area contributed by atoms with Crippen LogP contribution in [0.1, 0.15) is 66.2 Å². The SMILES string of the molecule is C=CC1=C(C)C2=CC3=NC(=CC4=NC(=CC5=C(/C=C/NO)C(C)(O)C(=CC1=N2)N5)C(C)=C4CCC(=O)NC(CC(=O)O)C(=O)O)C(CCC(=O)NC(CC(=O)O)C(=O)O)=C3C. The van der Waals surface area contributed by atoms with E-state index in [0.29, 0.717) is 79.1 Å². The largest absolute Gasteiger partial charge is 0.481 e. The first-order valence-corrected chi connectivity index (χ1v) is 18.9. The Morgan fingerprint density at radius 2 is 1.26 bits per heavy atom. The molecule has 3 atom stereocenters. The van der Waals surface area contributed by atoms with E-state index in [2.05, 4.69) is 22.5 Å². The van der Waals surface area contributed by atoms with Crippen LogP contribution in [-0.4, -0.2) is 101 Å². The first-order chi connectivity index (χ1) is 28.7. The van der Waals surface area contributed by atoms with Gasteiger partial charge in [-0.1, -0.05) is 12.7 Å². The number of hydroxylamine groups is 1. The fourth-order valence-electron chi connectivity index (χ4n) is 7.22. The number of nitrogens with zero attached hydrogens (tertiary/aromatic N) is 3. The first-order valence-electron chi connectivity index (χ1n) is 18.9. The van der Waals surface area contributed by atoms with Crippen molar-refractivity contribution in [2.24, 2.45) is 15.0 Å². The fourth-order valence-corrected chi connectivity index (χ4v) is 7.22. The van der Waals surface area contributed by atoms with Crippen molar-refractivity contribution in [3.05, 3.63) is 117 Å². The molecule has 2 amide bonds. The third-order valence-corrected chi connectivity index (χ3v) is 10.6. The highest BCUT2D eigenvalue weighted by Crippen LogP contribution is 2.40. The molecule has 0 aromatic carbocycles. The molecule has 320 valence electrons. The van der Waals surface area contributed by atoms with Gasteiger partial charge >= 0.3 is 23.9 Å². The topological polar surface area (TPSA) is 309 Å². The van der Waals surface area contributed by atoms with Crippen LogP contribution in [0, 0.1) is 0 Å². The molecule has 8 bridgehead atoms. The maximum absolute atomic E-state index is 13.1. The summed E-state index contributed by atoms with van der Waals surface area (Å²) in [5.41, 5.74) is 7.64. The Balaban J connectivity index is 1.66. The molecule has 0 radical (unpaired) electrons. The minimum Gasteiger partial charge on any atom is -0.481 e. The van der Waals surface area contributed by atoms with E-state index in [-0.39, 0.29) is 25.7 Å². The number of carboxylic acids is 4. The average molecular weight is 840 g/mol. The lowest BCUT2D eigenvalue weighted by molar-refractivity contribution is -0.147. The van der Waals surface area contributed by atoms with E-state index in [9.17, 15) is 49.3 Å². The zero-order chi connectivity index (χ0) is 44.9. The Bertz CT molecular complexity index is 2410. The van der Waals surface area contributed by atoms with Crippen molar-refractivity contribution in [1.82, 2.24) is 21.4 Å². The molecule has 61 heavy (non-hydrogen) atoms. The highest BCUT2D eigenvalue weighted by atomic mass is 16.5. The van der Waals surface area contributed by atoms with Crippen LogP contribution in [0.25, 0.3) is 0 Å². The van der Waals surface area contributed by atoms with E-state index in [1.807, 2.05) is 12.4 Å². The summed E-state index contributed by atoms with van der Waals surface area (Å²) >= 11 is 0. The molecule has 0 saturated heterocycles. The standard InChI is InChI=1S/C42H45N7O12/c1-6-22-19(2)26-13-27-20(3)23(7-9-36(50)48-33(40(56)57)17-38(52)53)29(44-27)15-30-24(8-10-37(51)49-34(41(58)59)18-39(54)55)21(4)28(45-30)14-32-25(11-12-43-61)42(5,60)35(47-32)16-31(22)46-26/h6,11-16,33-34,43,47,60-61H,1,7-10,17-18H2,2-5H3,(H,48,50)(H,49,51)(H,52,53)(H,54,55)(H,56,57)(H,58,59)/b12-11+,26-13?,28-14?,29-15?,35-16?. The van der Waals surface area contributed by atoms with Gasteiger partial charge < -0.3 is 41.5 Å². The molecule has 19 heteroatoms. The van der Waals surface area contributed by atoms with Crippen molar-refractivity contribution in [3.63, 3.8) is 0 Å². The van der Waals surface area contributed by atoms with Gasteiger partial charge in [-0.05, 0) is 98.8 Å². The van der Waals surface area contributed by atoms with Gasteiger partial charge in [-0.15, -0.1) is 0 Å². The second-order valence-corrected chi connectivity index (χ2v) is 14.7. The minimum absolute atomic E-state index is 0.000296. The highest BCUT2D eigenvalue weighted by Gasteiger charge is 2.39. The molecule has 5 rings (SSSR count). The molecule has 0 aliphatic carbocycles. The third kappa shape index (κ3) is 9.97. The van der Waals surface area contributed by atoms with Crippen LogP contribution in [0.3, 0.4) is 0 Å². The predicted molar refractivity (Wildman–Crippen MR) is 220 cm³/mol. The van der Waals surface area contributed by atoms with Crippen LogP contribution in [0.5, 0.6) is 0 Å². The summed E-state index contributed by atoms with van der Waals surface area (Å²) in [4.78, 5) is 86.7. The van der Waals surface area contributed by atoms with Gasteiger partial charge in [0.25, 0.3) is 0 Å². The van der Waals surface area contributed by atoms with E-state index >= 15 is 0 Å². The van der Waals surface area contributed by atoms with Crippen molar-refractivity contribution in [2.45, 2.75) is 83.9 Å². The van der Waals surface area contributed by atoms with Gasteiger partial charge in [-0.3, -0.25) is 29.9 Å². The van der Waals surface area contributed by atoms with Crippen LogP contribution in [-0.2, 0) is 28.8 Å². The fraction of sp³-hybridized carbons (Fsp3) is 0.310. The summed E-state index contributed by atoms with van der Waals surface area (Å²) in [7, 11) is 0. The predicted octanol–water partition coefficient (Wildman–Crippen LogP) is 2.78. The molecule has 0 aromatic rings. The van der Waals surface area contributed by atoms with E-state index in [1.54, 1.807) is 51.2 Å². The molecular weight excluding hydrogens is 794 g/mol. The summed E-state index contributed by atoms with van der Waals surface area (Å²) < 4.78 is 0. The highest BCUT2D eigenvalue weighted by molar-refractivity contribution is 6.18. The Labute approximate surface area is 348 Å². The number of carbonyl (C=O) groups excluding carboxylic acids is 2. The van der Waals surface area contributed by atoms with Crippen LogP contribution >= 0.6 is 0 Å². The molecule has 0 spiro atoms. The summed E-state index contributed by atoms with van der Waals surface area (Å²) in [5, 5.41) is 66.4. The lowest BCUT2D eigenvalue weighted by atomic mass is 9.92. The number of amides is 2. The van der Waals surface area contributed by atoms with Gasteiger partial charge in [-0.25, -0.2) is 24.6 Å². The Morgan fingerprint density at radius 1 is 0.738 bits per heavy atom. The third-order valence-electron chi connectivity index (χ3n) is 10.6. The molecule has 3 unspecified atom stereocenters. The molecule has 0 aromatic heterocycles. The van der Waals surface area contributed by atoms with Crippen LogP contribution in [0.2, 0.25) is 0 Å². The quantitative estimate of drug-likeness (QED) is 0.0943. The molecule has 10 N–H and O–H groups in total. The van der Waals surface area contributed by atoms with Gasteiger partial charge in [0.05, 0.1) is 52.8 Å². The van der Waals surface area contributed by atoms with Crippen molar-refractivity contribution in [2.75, 3.05) is 0 Å². The molecular formula is C42H45N7O12. The molecule has 0 saturated carbocycles. The number of carboxylic acid groups (broad SMARTS) is 4. The number of hydrogen-bond donors (Lipinski definition) is 10. The summed E-state index contributed by atoms with van der Waals surface area (Å²) in [5.74, 6) is -7.30. The zero-order valence-electron chi connectivity index (χ0n) is 33.6. The second-order valence-electron chi connectivity index (χ2n) is 14.7. The zero-order valence-corrected chi connectivity index (χ0v) is 33.6. The lowest BCUT2D eigenvalue weighted by Gasteiger charge is -2.20. The summed E-state index contributed by atoms with van der Waals surface area (Å²) in [6, 6.07) is -3.33. The smallest absolute Gasteiger partial charge is 0.326 e. The van der Waals surface area contributed by atoms with Crippen molar-refractivity contribution < 1.29 is 59.5 Å². The Morgan fingerprint density at radius 3 is 1.80 bits per heavy atom. The van der Waals surface area contributed by atoms with Gasteiger partial charge in [0.2, 0.25) is 11.8 Å². The maximum Gasteiger partial charge on any atom is 0.326 e. The van der Waals surface area contributed by atoms with Crippen molar-refractivity contribution in [1.29, 1.82) is 0 Å². The number of carbonyl (C=O) groups is 6. The van der Waals surface area contributed by atoms with Gasteiger partial charge in [0.15, 0.2) is 0 Å². The van der Waals surface area contributed by atoms with Crippen molar-refractivity contribution in [3.8, 4) is 0 Å². The van der Waals surface area contributed by atoms with Gasteiger partial charge in [-0.2, -0.15) is 0 Å². The molecule has 0 fully saturated rings. The first kappa shape index (κ1) is 44.8. The summed E-state index contributed by atoms with van der Waals surface area (Å²) in [6.45, 7) is 10.9. The number of fused-ring (bicyclic) bond motifs is 5. The number of rotatable bonds is 17. The lowest BCUT2D eigenvalue weighted by Crippen LogP contribution is -2.42. The molecule has 5 aliphatic heterocycles. The Hall–Kier alpha value is -7.25. The maximum atomic E-state index is 13.1. The van der Waals surface area contributed by atoms with Crippen molar-refractivity contribution >= 4 is 52.8 Å². The van der Waals surface area contributed by atoms with E-state index in [1.165, 1.54) is 12.3 Å². The molecule has 19 nitrogen and oxygen atoms in total. The van der Waals surface area contributed by atoms with Crippen LogP contribution < -0.4 is 21.4 Å². The normalized spacial score (nSPS) is 20.5. The number of nitrogens with one attached hydrogen (secondary N) is 4. The van der Waals surface area contributed by atoms with E-state index in [4.69, 9.17) is 25.2 Å². The molecule has 5 heterocycles. The van der Waals surface area contributed by atoms with Crippen LogP contribution in [0.4, 0.5) is 0 Å². The second kappa shape index (κ2) is 18.3. The van der Waals surface area contributed by atoms with E-state index < -0.39 is 66.2 Å². The van der Waals surface area contributed by atoms with Crippen LogP contribution in [0.15, 0.2) is 132 Å². The number of aliphatic hydroxyl groups is 1. The monoisotopic (exact) mass is 839 g/mol. The van der Waals surface area contributed by atoms with Gasteiger partial charge in [0, 0.05) is 35.9 Å². The number of aliphatic carboxylic acids is 4. The molecule has 5 aliphatic rings. The van der Waals surface area contributed by atoms with E-state index in [0.717, 1.165) is 5.57 Å². The summed E-state index contributed by atoms with van der Waals surface area (Å²) in [6.07, 6.45) is 8.90. The van der Waals surface area contributed by atoms with Gasteiger partial charge in [0.1, 0.15) is 17.7 Å². The minimum atomic E-state index is -1.67.